The van der Waals surface area contributed by atoms with Crippen molar-refractivity contribution in [1.82, 2.24) is 4.90 Å². The van der Waals surface area contributed by atoms with Gasteiger partial charge in [-0.3, -0.25) is 4.90 Å². The van der Waals surface area contributed by atoms with E-state index in [-0.39, 0.29) is 5.56 Å². The zero-order valence-electron chi connectivity index (χ0n) is 11.5. The number of rotatable bonds is 5. The van der Waals surface area contributed by atoms with Crippen molar-refractivity contribution in [2.75, 3.05) is 7.05 Å². The van der Waals surface area contributed by atoms with Crippen LogP contribution in [0, 0.1) is 0 Å². The van der Waals surface area contributed by atoms with Crippen LogP contribution in [0.4, 0.5) is 0 Å². The molecule has 0 aromatic heterocycles. The monoisotopic (exact) mass is 323 g/mol. The van der Waals surface area contributed by atoms with Crippen LogP contribution >= 0.6 is 23.2 Å². The zero-order valence-corrected chi connectivity index (χ0v) is 13.0. The Morgan fingerprint density at radius 3 is 2.52 bits per heavy atom. The lowest BCUT2D eigenvalue weighted by Crippen LogP contribution is -2.17. The molecule has 0 heterocycles. The molecule has 0 atom stereocenters. The first-order valence-electron chi connectivity index (χ1n) is 6.40. The molecule has 0 fully saturated rings. The molecule has 110 valence electrons. The number of aromatic carboxylic acids is 1. The molecule has 2 rings (SSSR count). The smallest absolute Gasteiger partial charge is 0.335 e. The van der Waals surface area contributed by atoms with E-state index in [9.17, 15) is 4.79 Å². The highest BCUT2D eigenvalue weighted by molar-refractivity contribution is 6.31. The number of nitrogens with zero attached hydrogens (tertiary/aromatic N) is 1. The van der Waals surface area contributed by atoms with E-state index in [4.69, 9.17) is 28.3 Å². The lowest BCUT2D eigenvalue weighted by atomic mass is 10.1. The Kier molecular flexibility index (Phi) is 5.23. The second-order valence-electron chi connectivity index (χ2n) is 4.91. The van der Waals surface area contributed by atoms with E-state index in [1.165, 1.54) is 6.07 Å². The Bertz CT molecular complexity index is 658. The van der Waals surface area contributed by atoms with Gasteiger partial charge in [0.25, 0.3) is 0 Å². The molecule has 5 heteroatoms. The molecule has 0 unspecified atom stereocenters. The van der Waals surface area contributed by atoms with Gasteiger partial charge in [0.2, 0.25) is 0 Å². The van der Waals surface area contributed by atoms with Crippen LogP contribution in [0.15, 0.2) is 42.5 Å². The largest absolute Gasteiger partial charge is 0.478 e. The van der Waals surface area contributed by atoms with Crippen LogP contribution in [-0.4, -0.2) is 23.0 Å². The third-order valence-electron chi connectivity index (χ3n) is 3.08. The second kappa shape index (κ2) is 6.94. The summed E-state index contributed by atoms with van der Waals surface area (Å²) in [5.74, 6) is -0.976. The van der Waals surface area contributed by atoms with E-state index < -0.39 is 5.97 Å². The lowest BCUT2D eigenvalue weighted by Gasteiger charge is -2.18. The summed E-state index contributed by atoms with van der Waals surface area (Å²) in [5, 5.41) is 10.1. The van der Waals surface area contributed by atoms with Gasteiger partial charge in [0, 0.05) is 23.1 Å². The third-order valence-corrected chi connectivity index (χ3v) is 3.67. The van der Waals surface area contributed by atoms with E-state index >= 15 is 0 Å². The molecular weight excluding hydrogens is 309 g/mol. The topological polar surface area (TPSA) is 40.5 Å². The van der Waals surface area contributed by atoms with Gasteiger partial charge in [-0.25, -0.2) is 4.79 Å². The van der Waals surface area contributed by atoms with Crippen molar-refractivity contribution in [3.05, 3.63) is 69.2 Å². The molecular formula is C16H15Cl2NO2. The zero-order chi connectivity index (χ0) is 15.4. The number of hydrogen-bond donors (Lipinski definition) is 1. The second-order valence-corrected chi connectivity index (χ2v) is 5.76. The number of carboxylic acid groups (broad SMARTS) is 1. The predicted molar refractivity (Wildman–Crippen MR) is 85.0 cm³/mol. The van der Waals surface area contributed by atoms with Crippen LogP contribution in [-0.2, 0) is 13.1 Å². The highest BCUT2D eigenvalue weighted by Crippen LogP contribution is 2.20. The van der Waals surface area contributed by atoms with Crippen molar-refractivity contribution in [2.24, 2.45) is 0 Å². The number of halogens is 2. The normalized spacial score (nSPS) is 10.9. The fourth-order valence-corrected chi connectivity index (χ4v) is 2.56. The Morgan fingerprint density at radius 1 is 1.14 bits per heavy atom. The van der Waals surface area contributed by atoms with Crippen molar-refractivity contribution in [3.8, 4) is 0 Å². The van der Waals surface area contributed by atoms with E-state index in [0.717, 1.165) is 17.7 Å². The van der Waals surface area contributed by atoms with Gasteiger partial charge in [-0.2, -0.15) is 0 Å². The molecule has 1 N–H and O–H groups in total. The van der Waals surface area contributed by atoms with Crippen molar-refractivity contribution in [3.63, 3.8) is 0 Å². The Balaban J connectivity index is 2.06. The van der Waals surface area contributed by atoms with E-state index in [1.54, 1.807) is 12.1 Å². The summed E-state index contributed by atoms with van der Waals surface area (Å²) >= 11 is 12.1. The van der Waals surface area contributed by atoms with Gasteiger partial charge >= 0.3 is 5.97 Å². The van der Waals surface area contributed by atoms with Gasteiger partial charge in [0.1, 0.15) is 0 Å². The summed E-state index contributed by atoms with van der Waals surface area (Å²) in [6.07, 6.45) is 0. The summed E-state index contributed by atoms with van der Waals surface area (Å²) in [5.41, 5.74) is 2.20. The molecule has 0 saturated heterocycles. The van der Waals surface area contributed by atoms with E-state index in [0.29, 0.717) is 16.6 Å². The van der Waals surface area contributed by atoms with Gasteiger partial charge in [-0.05, 0) is 42.4 Å². The molecule has 3 nitrogen and oxygen atoms in total. The lowest BCUT2D eigenvalue weighted by molar-refractivity contribution is 0.0697. The van der Waals surface area contributed by atoms with Crippen molar-refractivity contribution < 1.29 is 9.90 Å². The molecule has 0 aliphatic heterocycles. The van der Waals surface area contributed by atoms with Gasteiger partial charge in [-0.15, -0.1) is 0 Å². The first-order valence-corrected chi connectivity index (χ1v) is 7.16. The number of carbonyl (C=O) groups is 1. The molecule has 21 heavy (non-hydrogen) atoms. The SMILES string of the molecule is CN(Cc1cccc(Cl)c1)Cc1ccc(C(=O)O)cc1Cl. The maximum absolute atomic E-state index is 10.9. The quantitative estimate of drug-likeness (QED) is 0.890. The molecule has 0 aliphatic carbocycles. The summed E-state index contributed by atoms with van der Waals surface area (Å²) in [7, 11) is 1.97. The van der Waals surface area contributed by atoms with Crippen molar-refractivity contribution in [1.29, 1.82) is 0 Å². The molecule has 0 radical (unpaired) electrons. The molecule has 0 saturated carbocycles. The van der Waals surface area contributed by atoms with Crippen LogP contribution in [0.5, 0.6) is 0 Å². The molecule has 0 bridgehead atoms. The van der Waals surface area contributed by atoms with E-state index in [1.807, 2.05) is 31.3 Å². The Hall–Kier alpha value is -1.55. The molecule has 2 aromatic carbocycles. The maximum atomic E-state index is 10.9. The average molecular weight is 324 g/mol. The molecule has 0 spiro atoms. The predicted octanol–water partition coefficient (Wildman–Crippen LogP) is 4.32. The fraction of sp³-hybridized carbons (Fsp3) is 0.188. The standard InChI is InChI=1S/C16H15Cl2NO2/c1-19(9-11-3-2-4-14(17)7-11)10-13-6-5-12(16(20)21)8-15(13)18/h2-8H,9-10H2,1H3,(H,20,21). The van der Waals surface area contributed by atoms with Crippen LogP contribution in [0.2, 0.25) is 10.0 Å². The summed E-state index contributed by atoms with van der Waals surface area (Å²) in [6.45, 7) is 1.36. The highest BCUT2D eigenvalue weighted by Gasteiger charge is 2.09. The van der Waals surface area contributed by atoms with Crippen molar-refractivity contribution in [2.45, 2.75) is 13.1 Å². The van der Waals surface area contributed by atoms with Gasteiger partial charge < -0.3 is 5.11 Å². The van der Waals surface area contributed by atoms with Crippen LogP contribution in [0.25, 0.3) is 0 Å². The van der Waals surface area contributed by atoms with Gasteiger partial charge in [0.15, 0.2) is 0 Å². The number of benzene rings is 2. The van der Waals surface area contributed by atoms with Crippen LogP contribution in [0.3, 0.4) is 0 Å². The summed E-state index contributed by atoms with van der Waals surface area (Å²) in [6, 6.07) is 12.5. The van der Waals surface area contributed by atoms with Crippen molar-refractivity contribution >= 4 is 29.2 Å². The highest BCUT2D eigenvalue weighted by atomic mass is 35.5. The maximum Gasteiger partial charge on any atom is 0.335 e. The van der Waals surface area contributed by atoms with Gasteiger partial charge in [-0.1, -0.05) is 41.4 Å². The summed E-state index contributed by atoms with van der Waals surface area (Å²) < 4.78 is 0. The van der Waals surface area contributed by atoms with Crippen LogP contribution in [0.1, 0.15) is 21.5 Å². The third kappa shape index (κ3) is 4.46. The number of hydrogen-bond acceptors (Lipinski definition) is 2. The molecule has 0 aliphatic rings. The average Bonchev–Trinajstić information content (AvgIpc) is 2.40. The van der Waals surface area contributed by atoms with E-state index in [2.05, 4.69) is 4.90 Å². The van der Waals surface area contributed by atoms with Gasteiger partial charge in [0.05, 0.1) is 5.56 Å². The Labute approximate surface area is 133 Å². The molecule has 2 aromatic rings. The number of carboxylic acids is 1. The minimum Gasteiger partial charge on any atom is -0.478 e. The summed E-state index contributed by atoms with van der Waals surface area (Å²) in [4.78, 5) is 13.0. The first kappa shape index (κ1) is 15.8. The minimum absolute atomic E-state index is 0.196. The fourth-order valence-electron chi connectivity index (χ4n) is 2.10. The minimum atomic E-state index is -0.976. The van der Waals surface area contributed by atoms with Crippen LogP contribution < -0.4 is 0 Å². The Morgan fingerprint density at radius 2 is 1.90 bits per heavy atom. The molecule has 0 amide bonds. The first-order chi connectivity index (χ1) is 9.95.